The van der Waals surface area contributed by atoms with Gasteiger partial charge in [-0.05, 0) is 43.0 Å². The molecule has 4 heteroatoms. The second kappa shape index (κ2) is 6.95. The van der Waals surface area contributed by atoms with Crippen LogP contribution in [0.4, 0.5) is 4.79 Å². The second-order valence-electron chi connectivity index (χ2n) is 6.53. The maximum absolute atomic E-state index is 12.0. The van der Waals surface area contributed by atoms with E-state index in [0.717, 1.165) is 24.2 Å². The molecule has 0 unspecified atom stereocenters. The van der Waals surface area contributed by atoms with Crippen LogP contribution in [0.3, 0.4) is 0 Å². The minimum absolute atomic E-state index is 0.0907. The molecule has 2 aromatic carbocycles. The van der Waals surface area contributed by atoms with Crippen LogP contribution < -0.4 is 15.4 Å². The molecule has 1 aliphatic carbocycles. The van der Waals surface area contributed by atoms with E-state index in [1.807, 2.05) is 24.3 Å². The number of ether oxygens (including phenoxy) is 1. The lowest BCUT2D eigenvalue weighted by Crippen LogP contribution is -2.39. The summed E-state index contributed by atoms with van der Waals surface area (Å²) in [4.78, 5) is 12.0. The zero-order valence-electron chi connectivity index (χ0n) is 14.3. The lowest BCUT2D eigenvalue weighted by molar-refractivity contribution is 0.239. The van der Waals surface area contributed by atoms with Gasteiger partial charge in [0.2, 0.25) is 0 Å². The molecule has 2 amide bonds. The Morgan fingerprint density at radius 3 is 2.29 bits per heavy atom. The number of nitrogens with one attached hydrogen (secondary N) is 2. The van der Waals surface area contributed by atoms with Crippen molar-refractivity contribution in [2.45, 2.75) is 31.7 Å². The minimum Gasteiger partial charge on any atom is -0.497 e. The molecule has 0 radical (unpaired) electrons. The lowest BCUT2D eigenvalue weighted by Gasteiger charge is -2.17. The molecule has 24 heavy (non-hydrogen) atoms. The highest BCUT2D eigenvalue weighted by atomic mass is 16.5. The Hall–Kier alpha value is -2.49. The number of amides is 2. The monoisotopic (exact) mass is 324 g/mol. The van der Waals surface area contributed by atoms with Crippen LogP contribution in [0.2, 0.25) is 0 Å². The largest absolute Gasteiger partial charge is 0.497 e. The maximum atomic E-state index is 12.0. The molecule has 1 fully saturated rings. The molecule has 4 nitrogen and oxygen atoms in total. The summed E-state index contributed by atoms with van der Waals surface area (Å²) in [5.74, 6) is 0.860. The number of rotatable bonds is 6. The first-order valence-corrected chi connectivity index (χ1v) is 8.33. The number of hydrogen-bond donors (Lipinski definition) is 2. The average Bonchev–Trinajstić information content (AvgIpc) is 3.41. The Bertz CT molecular complexity index is 689. The van der Waals surface area contributed by atoms with E-state index in [2.05, 4.69) is 41.8 Å². The molecule has 0 heterocycles. The van der Waals surface area contributed by atoms with Crippen molar-refractivity contribution < 1.29 is 9.53 Å². The fourth-order valence-electron chi connectivity index (χ4n) is 2.86. The Morgan fingerprint density at radius 1 is 1.04 bits per heavy atom. The molecular formula is C20H24N2O2. The van der Waals surface area contributed by atoms with Crippen molar-refractivity contribution >= 4 is 6.03 Å². The average molecular weight is 324 g/mol. The van der Waals surface area contributed by atoms with Crippen LogP contribution in [0.15, 0.2) is 48.5 Å². The number of urea groups is 1. The number of methoxy groups -OCH3 is 1. The summed E-state index contributed by atoms with van der Waals surface area (Å²) < 4.78 is 5.20. The van der Waals surface area contributed by atoms with E-state index in [1.165, 1.54) is 11.1 Å². The third-order valence-electron chi connectivity index (χ3n) is 4.72. The van der Waals surface area contributed by atoms with Crippen molar-refractivity contribution in [2.75, 3.05) is 13.7 Å². The van der Waals surface area contributed by atoms with E-state index in [1.54, 1.807) is 7.11 Å². The van der Waals surface area contributed by atoms with Crippen LogP contribution in [0, 0.1) is 6.92 Å². The normalized spacial score (nSPS) is 14.8. The van der Waals surface area contributed by atoms with Crippen molar-refractivity contribution in [3.63, 3.8) is 0 Å². The van der Waals surface area contributed by atoms with Gasteiger partial charge in [-0.2, -0.15) is 0 Å². The molecule has 0 aliphatic heterocycles. The summed E-state index contributed by atoms with van der Waals surface area (Å²) in [7, 11) is 1.67. The van der Waals surface area contributed by atoms with Crippen molar-refractivity contribution in [1.29, 1.82) is 0 Å². The van der Waals surface area contributed by atoms with Gasteiger partial charge in [0.25, 0.3) is 0 Å². The minimum atomic E-state index is -0.115. The standard InChI is InChI=1S/C20H24N2O2/c1-15-3-5-16(6-4-15)13-21-19(23)22-14-20(11-12-20)17-7-9-18(24-2)10-8-17/h3-10H,11-14H2,1-2H3,(H2,21,22,23). The first kappa shape index (κ1) is 16.4. The highest BCUT2D eigenvalue weighted by Crippen LogP contribution is 2.47. The van der Waals surface area contributed by atoms with Gasteiger partial charge in [-0.15, -0.1) is 0 Å². The van der Waals surface area contributed by atoms with Crippen LogP contribution in [0.25, 0.3) is 0 Å². The molecule has 126 valence electrons. The molecule has 2 N–H and O–H groups in total. The van der Waals surface area contributed by atoms with Gasteiger partial charge in [0.05, 0.1) is 7.11 Å². The lowest BCUT2D eigenvalue weighted by atomic mass is 9.96. The van der Waals surface area contributed by atoms with Crippen LogP contribution in [0.1, 0.15) is 29.5 Å². The summed E-state index contributed by atoms with van der Waals surface area (Å²) in [5.41, 5.74) is 3.68. The summed E-state index contributed by atoms with van der Waals surface area (Å²) in [5, 5.41) is 5.93. The maximum Gasteiger partial charge on any atom is 0.315 e. The zero-order chi connectivity index (χ0) is 17.0. The summed E-state index contributed by atoms with van der Waals surface area (Å²) >= 11 is 0. The Kier molecular flexibility index (Phi) is 4.74. The molecule has 0 atom stereocenters. The highest BCUT2D eigenvalue weighted by molar-refractivity contribution is 5.74. The van der Waals surface area contributed by atoms with Crippen LogP contribution in [0.5, 0.6) is 5.75 Å². The molecule has 0 bridgehead atoms. The van der Waals surface area contributed by atoms with Crippen molar-refractivity contribution in [2.24, 2.45) is 0 Å². The smallest absolute Gasteiger partial charge is 0.315 e. The Labute approximate surface area is 143 Å². The zero-order valence-corrected chi connectivity index (χ0v) is 14.3. The first-order chi connectivity index (χ1) is 11.6. The van der Waals surface area contributed by atoms with Crippen LogP contribution >= 0.6 is 0 Å². The van der Waals surface area contributed by atoms with Gasteiger partial charge in [0, 0.05) is 18.5 Å². The number of aryl methyl sites for hydroxylation is 1. The van der Waals surface area contributed by atoms with Crippen LogP contribution in [-0.4, -0.2) is 19.7 Å². The van der Waals surface area contributed by atoms with Gasteiger partial charge in [-0.3, -0.25) is 0 Å². The molecule has 3 rings (SSSR count). The van der Waals surface area contributed by atoms with Gasteiger partial charge < -0.3 is 15.4 Å². The van der Waals surface area contributed by atoms with E-state index >= 15 is 0 Å². The third kappa shape index (κ3) is 3.88. The topological polar surface area (TPSA) is 50.4 Å². The third-order valence-corrected chi connectivity index (χ3v) is 4.72. The Morgan fingerprint density at radius 2 is 1.71 bits per heavy atom. The molecular weight excluding hydrogens is 300 g/mol. The molecule has 0 spiro atoms. The fraction of sp³-hybridized carbons (Fsp3) is 0.350. The summed E-state index contributed by atoms with van der Waals surface area (Å²) in [6.45, 7) is 3.26. The van der Waals surface area contributed by atoms with Gasteiger partial charge in [-0.25, -0.2) is 4.79 Å². The molecule has 1 aliphatic rings. The second-order valence-corrected chi connectivity index (χ2v) is 6.53. The number of benzene rings is 2. The quantitative estimate of drug-likeness (QED) is 0.854. The predicted molar refractivity (Wildman–Crippen MR) is 95.3 cm³/mol. The fourth-order valence-corrected chi connectivity index (χ4v) is 2.86. The summed E-state index contributed by atoms with van der Waals surface area (Å²) in [6.07, 6.45) is 2.22. The van der Waals surface area contributed by atoms with E-state index in [9.17, 15) is 4.79 Å². The van der Waals surface area contributed by atoms with E-state index in [-0.39, 0.29) is 11.4 Å². The molecule has 0 aromatic heterocycles. The molecule has 2 aromatic rings. The first-order valence-electron chi connectivity index (χ1n) is 8.33. The van der Waals surface area contributed by atoms with Gasteiger partial charge in [0.15, 0.2) is 0 Å². The SMILES string of the molecule is COc1ccc(C2(CNC(=O)NCc3ccc(C)cc3)CC2)cc1. The van der Waals surface area contributed by atoms with E-state index < -0.39 is 0 Å². The number of carbonyl (C=O) groups excluding carboxylic acids is 1. The van der Waals surface area contributed by atoms with Crippen molar-refractivity contribution in [1.82, 2.24) is 10.6 Å². The number of carbonyl (C=O) groups is 1. The van der Waals surface area contributed by atoms with Gasteiger partial charge in [0.1, 0.15) is 5.75 Å². The number of hydrogen-bond acceptors (Lipinski definition) is 2. The van der Waals surface area contributed by atoms with Crippen LogP contribution in [-0.2, 0) is 12.0 Å². The van der Waals surface area contributed by atoms with E-state index in [0.29, 0.717) is 13.1 Å². The summed E-state index contributed by atoms with van der Waals surface area (Å²) in [6, 6.07) is 16.2. The predicted octanol–water partition coefficient (Wildman–Crippen LogP) is 3.53. The van der Waals surface area contributed by atoms with E-state index in [4.69, 9.17) is 4.74 Å². The molecule has 0 saturated heterocycles. The Balaban J connectivity index is 1.49. The van der Waals surface area contributed by atoms with Gasteiger partial charge in [-0.1, -0.05) is 42.0 Å². The highest BCUT2D eigenvalue weighted by Gasteiger charge is 2.44. The van der Waals surface area contributed by atoms with Gasteiger partial charge >= 0.3 is 6.03 Å². The van der Waals surface area contributed by atoms with Crippen molar-refractivity contribution in [3.8, 4) is 5.75 Å². The van der Waals surface area contributed by atoms with Crippen molar-refractivity contribution in [3.05, 3.63) is 65.2 Å². The molecule has 1 saturated carbocycles.